The summed E-state index contributed by atoms with van der Waals surface area (Å²) in [5, 5.41) is 6.44. The Morgan fingerprint density at radius 2 is 2.14 bits per heavy atom. The third-order valence-electron chi connectivity index (χ3n) is 3.72. The van der Waals surface area contributed by atoms with E-state index in [9.17, 15) is 9.59 Å². The number of piperidine rings is 1. The second kappa shape index (κ2) is 7.50. The van der Waals surface area contributed by atoms with E-state index >= 15 is 0 Å². The fourth-order valence-electron chi connectivity index (χ4n) is 2.57. The minimum atomic E-state index is -0.771. The molecule has 0 aliphatic carbocycles. The molecule has 1 aromatic heterocycles. The molecule has 0 saturated carbocycles. The van der Waals surface area contributed by atoms with E-state index in [1.54, 1.807) is 6.92 Å². The first-order valence-corrected chi connectivity index (χ1v) is 7.81. The molecule has 3 N–H and O–H groups in total. The minimum absolute atomic E-state index is 0.00864. The highest BCUT2D eigenvalue weighted by Gasteiger charge is 2.30. The van der Waals surface area contributed by atoms with Crippen LogP contribution >= 0.6 is 12.2 Å². The monoisotopic (exact) mass is 327 g/mol. The number of carbonyl (C=O) groups is 1. The Morgan fingerprint density at radius 1 is 1.45 bits per heavy atom. The zero-order valence-electron chi connectivity index (χ0n) is 12.6. The fourth-order valence-corrected chi connectivity index (χ4v) is 2.70. The lowest BCUT2D eigenvalue weighted by Gasteiger charge is -2.29. The predicted molar refractivity (Wildman–Crippen MR) is 83.5 cm³/mol. The molecule has 1 saturated heterocycles. The average Bonchev–Trinajstić information content (AvgIpc) is 2.52. The van der Waals surface area contributed by atoms with Crippen LogP contribution in [-0.2, 0) is 9.53 Å². The normalized spacial score (nSPS) is 17.1. The molecule has 1 atom stereocenters. The number of likely N-dealkylation sites (tertiary alicyclic amines) is 1. The van der Waals surface area contributed by atoms with E-state index in [0.29, 0.717) is 6.54 Å². The van der Waals surface area contributed by atoms with E-state index in [2.05, 4.69) is 15.1 Å². The standard InChI is InChI=1S/C13H21N5O3S/c1-2-21-12(20)9(8-17-6-4-3-5-7-17)10-11(19)18(14)13(22)16-15-10/h9H,2-8,14H2,1H3,(H,16,22). The predicted octanol–water partition coefficient (Wildman–Crippen LogP) is 0.147. The number of ether oxygens (including phenoxy) is 1. The quantitative estimate of drug-likeness (QED) is 0.450. The van der Waals surface area contributed by atoms with E-state index < -0.39 is 17.4 Å². The smallest absolute Gasteiger partial charge is 0.316 e. The molecule has 0 amide bonds. The molecule has 122 valence electrons. The van der Waals surface area contributed by atoms with Crippen molar-refractivity contribution >= 4 is 18.2 Å². The van der Waals surface area contributed by atoms with Crippen LogP contribution < -0.4 is 11.4 Å². The van der Waals surface area contributed by atoms with E-state index in [4.69, 9.17) is 22.8 Å². The molecule has 9 heteroatoms. The van der Waals surface area contributed by atoms with Crippen LogP contribution in [0.2, 0.25) is 0 Å². The number of nitrogens with zero attached hydrogens (tertiary/aromatic N) is 3. The van der Waals surface area contributed by atoms with Gasteiger partial charge in [-0.15, -0.1) is 0 Å². The first-order valence-electron chi connectivity index (χ1n) is 7.40. The molecule has 8 nitrogen and oxygen atoms in total. The first kappa shape index (κ1) is 16.6. The molecular formula is C13H21N5O3S. The molecule has 0 bridgehead atoms. The SMILES string of the molecule is CCOC(=O)C(CN1CCCCC1)c1n[nH]c(=S)n(N)c1=O. The Kier molecular flexibility index (Phi) is 5.67. The van der Waals surface area contributed by atoms with Gasteiger partial charge in [-0.1, -0.05) is 6.42 Å². The number of nitrogens with one attached hydrogen (secondary N) is 1. The van der Waals surface area contributed by atoms with Gasteiger partial charge in [0.05, 0.1) is 6.61 Å². The van der Waals surface area contributed by atoms with Crippen LogP contribution in [-0.4, -0.2) is 52.0 Å². The zero-order chi connectivity index (χ0) is 16.1. The summed E-state index contributed by atoms with van der Waals surface area (Å²) in [6.45, 7) is 4.16. The maximum atomic E-state index is 12.2. The molecule has 22 heavy (non-hydrogen) atoms. The first-order chi connectivity index (χ1) is 10.5. The number of nitrogens with two attached hydrogens (primary N) is 1. The number of nitrogen functional groups attached to an aromatic ring is 1. The number of rotatable bonds is 5. The van der Waals surface area contributed by atoms with Gasteiger partial charge in [0.15, 0.2) is 0 Å². The summed E-state index contributed by atoms with van der Waals surface area (Å²) in [5.41, 5.74) is -0.529. The molecule has 0 aromatic carbocycles. The van der Waals surface area contributed by atoms with Crippen molar-refractivity contribution in [3.05, 3.63) is 20.8 Å². The van der Waals surface area contributed by atoms with E-state index in [-0.39, 0.29) is 17.1 Å². The van der Waals surface area contributed by atoms with E-state index in [0.717, 1.165) is 30.6 Å². The highest BCUT2D eigenvalue weighted by molar-refractivity contribution is 7.71. The highest BCUT2D eigenvalue weighted by Crippen LogP contribution is 2.17. The van der Waals surface area contributed by atoms with Crippen LogP contribution in [0.4, 0.5) is 0 Å². The van der Waals surface area contributed by atoms with E-state index in [1.165, 1.54) is 6.42 Å². The second-order valence-corrected chi connectivity index (χ2v) is 5.64. The number of carbonyl (C=O) groups excluding carboxylic acids is 1. The summed E-state index contributed by atoms with van der Waals surface area (Å²) in [6, 6.07) is 0. The van der Waals surface area contributed by atoms with Gasteiger partial charge in [0, 0.05) is 6.54 Å². The van der Waals surface area contributed by atoms with Crippen molar-refractivity contribution in [3.8, 4) is 0 Å². The maximum Gasteiger partial charge on any atom is 0.316 e. The minimum Gasteiger partial charge on any atom is -0.465 e. The Balaban J connectivity index is 2.31. The van der Waals surface area contributed by atoms with Gasteiger partial charge < -0.3 is 15.5 Å². The van der Waals surface area contributed by atoms with Crippen LogP contribution in [0.5, 0.6) is 0 Å². The molecule has 0 radical (unpaired) electrons. The summed E-state index contributed by atoms with van der Waals surface area (Å²) in [7, 11) is 0. The van der Waals surface area contributed by atoms with Gasteiger partial charge in [-0.25, -0.2) is 0 Å². The van der Waals surface area contributed by atoms with Gasteiger partial charge in [0.1, 0.15) is 11.6 Å². The van der Waals surface area contributed by atoms with Crippen LogP contribution in [0, 0.1) is 4.77 Å². The Labute approximate surface area is 133 Å². The van der Waals surface area contributed by atoms with Crippen LogP contribution in [0.3, 0.4) is 0 Å². The van der Waals surface area contributed by atoms with Crippen molar-refractivity contribution in [1.29, 1.82) is 0 Å². The molecule has 2 rings (SSSR count). The Morgan fingerprint density at radius 3 is 2.77 bits per heavy atom. The summed E-state index contributed by atoms with van der Waals surface area (Å²) >= 11 is 4.86. The topological polar surface area (TPSA) is 106 Å². The number of esters is 1. The molecule has 1 aliphatic heterocycles. The number of H-pyrrole nitrogens is 1. The van der Waals surface area contributed by atoms with E-state index in [1.807, 2.05) is 0 Å². The van der Waals surface area contributed by atoms with Gasteiger partial charge in [0.2, 0.25) is 4.77 Å². The Hall–Kier alpha value is -1.74. The lowest BCUT2D eigenvalue weighted by atomic mass is 10.0. The van der Waals surface area contributed by atoms with Gasteiger partial charge in [0.25, 0.3) is 5.56 Å². The van der Waals surface area contributed by atoms with Crippen LogP contribution in [0.1, 0.15) is 37.8 Å². The third-order valence-corrected chi connectivity index (χ3v) is 4.01. The van der Waals surface area contributed by atoms with Crippen LogP contribution in [0.15, 0.2) is 4.79 Å². The van der Waals surface area contributed by atoms with Crippen molar-refractivity contribution in [2.45, 2.75) is 32.1 Å². The summed E-state index contributed by atoms with van der Waals surface area (Å²) in [5.74, 6) is 4.35. The maximum absolute atomic E-state index is 12.2. The highest BCUT2D eigenvalue weighted by atomic mass is 32.1. The summed E-state index contributed by atoms with van der Waals surface area (Å²) in [4.78, 5) is 26.6. The van der Waals surface area contributed by atoms with Gasteiger partial charge >= 0.3 is 5.97 Å². The van der Waals surface area contributed by atoms with Crippen LogP contribution in [0.25, 0.3) is 0 Å². The molecule has 2 heterocycles. The van der Waals surface area contributed by atoms with Crippen molar-refractivity contribution in [2.75, 3.05) is 32.1 Å². The average molecular weight is 327 g/mol. The van der Waals surface area contributed by atoms with Gasteiger partial charge in [-0.2, -0.15) is 9.77 Å². The molecule has 1 fully saturated rings. The second-order valence-electron chi connectivity index (χ2n) is 5.26. The van der Waals surface area contributed by atoms with Gasteiger partial charge in [-0.05, 0) is 45.1 Å². The van der Waals surface area contributed by atoms with Crippen molar-refractivity contribution in [3.63, 3.8) is 0 Å². The van der Waals surface area contributed by atoms with Crippen molar-refractivity contribution in [1.82, 2.24) is 19.8 Å². The van der Waals surface area contributed by atoms with Crippen molar-refractivity contribution < 1.29 is 9.53 Å². The number of hydrogen-bond acceptors (Lipinski definition) is 7. The molecule has 1 aliphatic rings. The lowest BCUT2D eigenvalue weighted by Crippen LogP contribution is -2.41. The largest absolute Gasteiger partial charge is 0.465 e. The van der Waals surface area contributed by atoms with Crippen molar-refractivity contribution in [2.24, 2.45) is 0 Å². The van der Waals surface area contributed by atoms with Gasteiger partial charge in [-0.3, -0.25) is 14.7 Å². The summed E-state index contributed by atoms with van der Waals surface area (Å²) < 4.78 is 5.89. The molecule has 1 aromatic rings. The number of hydrogen-bond donors (Lipinski definition) is 2. The molecule has 1 unspecified atom stereocenters. The Bertz CT molecular complexity index is 635. The number of aromatic amines is 1. The lowest BCUT2D eigenvalue weighted by molar-refractivity contribution is -0.145. The fraction of sp³-hybridized carbons (Fsp3) is 0.692. The molecule has 0 spiro atoms. The summed E-state index contributed by atoms with van der Waals surface area (Å²) in [6.07, 6.45) is 3.36. The zero-order valence-corrected chi connectivity index (χ0v) is 13.4. The number of aromatic nitrogens is 3. The molecular weight excluding hydrogens is 306 g/mol. The third kappa shape index (κ3) is 3.72.